The molecule has 1 aromatic heterocycles. The zero-order valence-electron chi connectivity index (χ0n) is 16.1. The van der Waals surface area contributed by atoms with Crippen molar-refractivity contribution in [2.45, 2.75) is 49.4 Å². The molecule has 1 aliphatic heterocycles. The third kappa shape index (κ3) is 4.86. The number of amides is 1. The topological polar surface area (TPSA) is 89.5 Å². The van der Waals surface area contributed by atoms with Crippen LogP contribution in [-0.4, -0.2) is 53.6 Å². The van der Waals surface area contributed by atoms with Crippen molar-refractivity contribution in [3.63, 3.8) is 0 Å². The number of sulfone groups is 1. The molecule has 0 unspecified atom stereocenters. The number of ether oxygens (including phenoxy) is 1. The minimum Gasteiger partial charge on any atom is -0.474 e. The summed E-state index contributed by atoms with van der Waals surface area (Å²) < 4.78 is 30.2. The molecule has 3 rings (SSSR count). The minimum atomic E-state index is -3.29. The van der Waals surface area contributed by atoms with E-state index in [1.807, 2.05) is 4.90 Å². The van der Waals surface area contributed by atoms with E-state index < -0.39 is 15.1 Å². The summed E-state index contributed by atoms with van der Waals surface area (Å²) in [5.41, 5.74) is 0.812. The maximum Gasteiger partial charge on any atom is 0.226 e. The molecule has 1 saturated heterocycles. The lowest BCUT2D eigenvalue weighted by Crippen LogP contribution is -2.42. The second-order valence-electron chi connectivity index (χ2n) is 7.16. The van der Waals surface area contributed by atoms with E-state index in [0.717, 1.165) is 18.4 Å². The van der Waals surface area contributed by atoms with Crippen LogP contribution in [0.4, 0.5) is 0 Å². The quantitative estimate of drug-likeness (QED) is 0.735. The molecule has 150 valence electrons. The Bertz CT molecular complexity index is 891. The Morgan fingerprint density at radius 2 is 1.86 bits per heavy atom. The van der Waals surface area contributed by atoms with Gasteiger partial charge in [0.2, 0.25) is 11.8 Å². The largest absolute Gasteiger partial charge is 0.474 e. The molecule has 1 aromatic carbocycles. The molecule has 2 heterocycles. The first-order chi connectivity index (χ1) is 13.4. The fraction of sp³-hybridized carbons (Fsp3) is 0.450. The smallest absolute Gasteiger partial charge is 0.226 e. The van der Waals surface area contributed by atoms with Crippen molar-refractivity contribution in [1.29, 1.82) is 0 Å². The summed E-state index contributed by atoms with van der Waals surface area (Å²) in [4.78, 5) is 22.6. The Balaban J connectivity index is 1.52. The third-order valence-corrected chi connectivity index (χ3v) is 7.04. The molecule has 28 heavy (non-hydrogen) atoms. The Morgan fingerprint density at radius 1 is 1.18 bits per heavy atom. The summed E-state index contributed by atoms with van der Waals surface area (Å²) in [6.45, 7) is 4.58. The van der Waals surface area contributed by atoms with E-state index in [9.17, 15) is 13.2 Å². The van der Waals surface area contributed by atoms with Gasteiger partial charge in [-0.25, -0.2) is 18.4 Å². The Labute approximate surface area is 165 Å². The van der Waals surface area contributed by atoms with Crippen LogP contribution in [0.25, 0.3) is 0 Å². The molecular weight excluding hydrogens is 378 g/mol. The van der Waals surface area contributed by atoms with Crippen LogP contribution in [0.1, 0.15) is 32.3 Å². The SMILES string of the molecule is CC(C)S(=O)(=O)c1ccc(CC(=O)N2CCC(Oc3ccncn3)CC2)cc1. The Morgan fingerprint density at radius 3 is 2.43 bits per heavy atom. The predicted octanol–water partition coefficient (Wildman–Crippen LogP) is 2.27. The van der Waals surface area contributed by atoms with Gasteiger partial charge < -0.3 is 9.64 Å². The summed E-state index contributed by atoms with van der Waals surface area (Å²) >= 11 is 0. The van der Waals surface area contributed by atoms with Gasteiger partial charge in [0.05, 0.1) is 16.6 Å². The van der Waals surface area contributed by atoms with Crippen LogP contribution < -0.4 is 4.74 Å². The number of likely N-dealkylation sites (tertiary alicyclic amines) is 1. The van der Waals surface area contributed by atoms with Gasteiger partial charge in [-0.2, -0.15) is 0 Å². The highest BCUT2D eigenvalue weighted by atomic mass is 32.2. The molecule has 0 radical (unpaired) electrons. The fourth-order valence-electron chi connectivity index (χ4n) is 3.10. The molecule has 0 bridgehead atoms. The van der Waals surface area contributed by atoms with Gasteiger partial charge in [-0.3, -0.25) is 4.79 Å². The van der Waals surface area contributed by atoms with E-state index in [0.29, 0.717) is 23.9 Å². The Hall–Kier alpha value is -2.48. The number of hydrogen-bond acceptors (Lipinski definition) is 6. The van der Waals surface area contributed by atoms with Crippen LogP contribution >= 0.6 is 0 Å². The van der Waals surface area contributed by atoms with Gasteiger partial charge in [0.25, 0.3) is 0 Å². The van der Waals surface area contributed by atoms with Gasteiger partial charge in [-0.05, 0) is 31.5 Å². The summed E-state index contributed by atoms with van der Waals surface area (Å²) in [6.07, 6.45) is 4.89. The Kier molecular flexibility index (Phi) is 6.28. The molecule has 1 fully saturated rings. The first-order valence-electron chi connectivity index (χ1n) is 9.39. The maximum atomic E-state index is 12.6. The summed E-state index contributed by atoms with van der Waals surface area (Å²) in [7, 11) is -3.29. The molecule has 0 aliphatic carbocycles. The van der Waals surface area contributed by atoms with E-state index in [1.54, 1.807) is 50.4 Å². The van der Waals surface area contributed by atoms with Crippen LogP contribution in [0.2, 0.25) is 0 Å². The molecule has 0 N–H and O–H groups in total. The molecule has 0 atom stereocenters. The van der Waals surface area contributed by atoms with E-state index in [1.165, 1.54) is 6.33 Å². The van der Waals surface area contributed by atoms with Crippen molar-refractivity contribution < 1.29 is 17.9 Å². The van der Waals surface area contributed by atoms with Crippen molar-refractivity contribution in [2.24, 2.45) is 0 Å². The predicted molar refractivity (Wildman–Crippen MR) is 105 cm³/mol. The lowest BCUT2D eigenvalue weighted by Gasteiger charge is -2.32. The van der Waals surface area contributed by atoms with Crippen LogP contribution in [-0.2, 0) is 21.1 Å². The van der Waals surface area contributed by atoms with Gasteiger partial charge in [0, 0.05) is 38.2 Å². The molecule has 8 heteroatoms. The molecule has 1 aliphatic rings. The first kappa shape index (κ1) is 20.3. The number of carbonyl (C=O) groups excluding carboxylic acids is 1. The van der Waals surface area contributed by atoms with Crippen LogP contribution in [0.15, 0.2) is 47.8 Å². The number of rotatable bonds is 6. The molecule has 2 aromatic rings. The lowest BCUT2D eigenvalue weighted by atomic mass is 10.1. The average Bonchev–Trinajstić information content (AvgIpc) is 2.69. The fourth-order valence-corrected chi connectivity index (χ4v) is 4.16. The van der Waals surface area contributed by atoms with Gasteiger partial charge in [-0.1, -0.05) is 12.1 Å². The summed E-state index contributed by atoms with van der Waals surface area (Å²) in [6, 6.07) is 8.33. The van der Waals surface area contributed by atoms with Crippen molar-refractivity contribution in [1.82, 2.24) is 14.9 Å². The van der Waals surface area contributed by atoms with Crippen molar-refractivity contribution >= 4 is 15.7 Å². The average molecular weight is 404 g/mol. The monoisotopic (exact) mass is 403 g/mol. The van der Waals surface area contributed by atoms with E-state index in [-0.39, 0.29) is 18.4 Å². The van der Waals surface area contributed by atoms with Crippen molar-refractivity contribution in [3.05, 3.63) is 48.4 Å². The van der Waals surface area contributed by atoms with Gasteiger partial charge >= 0.3 is 0 Å². The van der Waals surface area contributed by atoms with Gasteiger partial charge in [0.1, 0.15) is 12.4 Å². The summed E-state index contributed by atoms with van der Waals surface area (Å²) in [5.74, 6) is 0.594. The zero-order chi connectivity index (χ0) is 20.1. The third-order valence-electron chi connectivity index (χ3n) is 4.86. The summed E-state index contributed by atoms with van der Waals surface area (Å²) in [5, 5.41) is -0.467. The van der Waals surface area contributed by atoms with Crippen molar-refractivity contribution in [2.75, 3.05) is 13.1 Å². The van der Waals surface area contributed by atoms with Gasteiger partial charge in [0.15, 0.2) is 9.84 Å². The highest BCUT2D eigenvalue weighted by Gasteiger charge is 2.24. The van der Waals surface area contributed by atoms with Crippen LogP contribution in [0.3, 0.4) is 0 Å². The molecule has 0 saturated carbocycles. The zero-order valence-corrected chi connectivity index (χ0v) is 16.9. The van der Waals surface area contributed by atoms with Crippen molar-refractivity contribution in [3.8, 4) is 5.88 Å². The second-order valence-corrected chi connectivity index (χ2v) is 9.66. The van der Waals surface area contributed by atoms with Crippen LogP contribution in [0, 0.1) is 0 Å². The number of nitrogens with zero attached hydrogens (tertiary/aromatic N) is 3. The lowest BCUT2D eigenvalue weighted by molar-refractivity contribution is -0.132. The molecule has 7 nitrogen and oxygen atoms in total. The minimum absolute atomic E-state index is 0.0412. The number of piperidine rings is 1. The number of benzene rings is 1. The number of carbonyl (C=O) groups is 1. The normalized spacial score (nSPS) is 15.6. The van der Waals surface area contributed by atoms with Gasteiger partial charge in [-0.15, -0.1) is 0 Å². The number of hydrogen-bond donors (Lipinski definition) is 0. The molecular formula is C20H25N3O4S. The van der Waals surface area contributed by atoms with E-state index in [4.69, 9.17) is 4.74 Å². The standard InChI is InChI=1S/C20H25N3O4S/c1-15(2)28(25,26)18-5-3-16(4-6-18)13-20(24)23-11-8-17(9-12-23)27-19-7-10-21-14-22-19/h3-7,10,14-15,17H,8-9,11-13H2,1-2H3. The highest BCUT2D eigenvalue weighted by Crippen LogP contribution is 2.19. The molecule has 0 spiro atoms. The van der Waals surface area contributed by atoms with Crippen LogP contribution in [0.5, 0.6) is 5.88 Å². The van der Waals surface area contributed by atoms with E-state index >= 15 is 0 Å². The second kappa shape index (κ2) is 8.68. The van der Waals surface area contributed by atoms with E-state index in [2.05, 4.69) is 9.97 Å². The maximum absolute atomic E-state index is 12.6. The number of aromatic nitrogens is 2. The highest BCUT2D eigenvalue weighted by molar-refractivity contribution is 7.92. The first-order valence-corrected chi connectivity index (χ1v) is 10.9. The molecule has 1 amide bonds.